The Morgan fingerprint density at radius 2 is 1.96 bits per heavy atom. The number of nitrogens with one attached hydrogen (secondary N) is 2. The molecule has 0 atom stereocenters. The predicted molar refractivity (Wildman–Crippen MR) is 115 cm³/mol. The molecule has 0 fully saturated rings. The maximum Gasteiger partial charge on any atom is 0.138 e. The van der Waals surface area contributed by atoms with Crippen molar-refractivity contribution in [1.82, 2.24) is 15.0 Å². The Balaban J connectivity index is 1.37. The largest absolute Gasteiger partial charge is 0.369 e. The number of H-pyrrole nitrogens is 1. The van der Waals surface area contributed by atoms with Crippen LogP contribution in [-0.4, -0.2) is 21.5 Å². The molecule has 3 heterocycles. The van der Waals surface area contributed by atoms with Crippen LogP contribution in [0.5, 0.6) is 0 Å². The molecule has 0 spiro atoms. The summed E-state index contributed by atoms with van der Waals surface area (Å²) in [6.45, 7) is 5.13. The second-order valence-electron chi connectivity index (χ2n) is 6.73. The molecule has 27 heavy (non-hydrogen) atoms. The topological polar surface area (TPSA) is 53.6 Å². The molecular weight excluding hydrogens is 352 g/mol. The molecule has 4 rings (SSSR count). The highest BCUT2D eigenvalue weighted by atomic mass is 32.1. The highest BCUT2D eigenvalue weighted by molar-refractivity contribution is 7.18. The van der Waals surface area contributed by atoms with Crippen molar-refractivity contribution in [1.29, 1.82) is 0 Å². The van der Waals surface area contributed by atoms with E-state index in [0.717, 1.165) is 53.4 Å². The van der Waals surface area contributed by atoms with Gasteiger partial charge in [0.05, 0.1) is 5.39 Å². The van der Waals surface area contributed by atoms with Crippen molar-refractivity contribution in [2.24, 2.45) is 0 Å². The summed E-state index contributed by atoms with van der Waals surface area (Å²) in [5, 5.41) is 4.67. The molecule has 4 aromatic rings. The average Bonchev–Trinajstić information content (AvgIpc) is 3.34. The second-order valence-corrected chi connectivity index (χ2v) is 7.96. The summed E-state index contributed by atoms with van der Waals surface area (Å²) >= 11 is 1.74. The summed E-state index contributed by atoms with van der Waals surface area (Å²) in [6, 6.07) is 15.1. The molecule has 4 nitrogen and oxygen atoms in total. The van der Waals surface area contributed by atoms with E-state index in [9.17, 15) is 0 Å². The summed E-state index contributed by atoms with van der Waals surface area (Å²) in [5.74, 6) is 1.88. The standard InChI is InChI=1S/C22H24N4S/c1-3-20-25-21(18-14-15(2)27-22(18)26-20)24-13-4-6-16-8-10-17(11-9-16)19-7-5-12-23-19/h5,7-12,14,23H,3-4,6,13H2,1-2H3,(H,24,25,26). The van der Waals surface area contributed by atoms with Gasteiger partial charge in [0.15, 0.2) is 0 Å². The van der Waals surface area contributed by atoms with Gasteiger partial charge >= 0.3 is 0 Å². The minimum absolute atomic E-state index is 0.856. The van der Waals surface area contributed by atoms with Crippen molar-refractivity contribution in [2.75, 3.05) is 11.9 Å². The van der Waals surface area contributed by atoms with Gasteiger partial charge in [-0.15, -0.1) is 11.3 Å². The predicted octanol–water partition coefficient (Wildman–Crippen LogP) is 5.60. The van der Waals surface area contributed by atoms with Gasteiger partial charge in [-0.3, -0.25) is 0 Å². The fraction of sp³-hybridized carbons (Fsp3) is 0.273. The first-order valence-corrected chi connectivity index (χ1v) is 10.3. The van der Waals surface area contributed by atoms with Crippen molar-refractivity contribution >= 4 is 27.4 Å². The maximum absolute atomic E-state index is 4.70. The fourth-order valence-corrected chi connectivity index (χ4v) is 4.14. The Hall–Kier alpha value is -2.66. The Bertz CT molecular complexity index is 1020. The van der Waals surface area contributed by atoms with Gasteiger partial charge in [-0.1, -0.05) is 31.2 Å². The van der Waals surface area contributed by atoms with Crippen LogP contribution in [0.25, 0.3) is 21.5 Å². The van der Waals surface area contributed by atoms with Crippen LogP contribution in [0.15, 0.2) is 48.7 Å². The molecule has 0 radical (unpaired) electrons. The van der Waals surface area contributed by atoms with Crippen LogP contribution in [-0.2, 0) is 12.8 Å². The molecule has 138 valence electrons. The van der Waals surface area contributed by atoms with Gasteiger partial charge in [0.25, 0.3) is 0 Å². The summed E-state index contributed by atoms with van der Waals surface area (Å²) in [5.41, 5.74) is 3.75. The maximum atomic E-state index is 4.70. The molecule has 0 aliphatic heterocycles. The number of aryl methyl sites for hydroxylation is 3. The van der Waals surface area contributed by atoms with Gasteiger partial charge in [0.1, 0.15) is 16.5 Å². The number of aromatic amines is 1. The normalized spacial score (nSPS) is 11.2. The monoisotopic (exact) mass is 376 g/mol. The van der Waals surface area contributed by atoms with Gasteiger partial charge in [0, 0.05) is 29.7 Å². The number of rotatable bonds is 7. The van der Waals surface area contributed by atoms with Crippen LogP contribution in [0.2, 0.25) is 0 Å². The van der Waals surface area contributed by atoms with Crippen molar-refractivity contribution < 1.29 is 0 Å². The summed E-state index contributed by atoms with van der Waals surface area (Å²) < 4.78 is 0. The lowest BCUT2D eigenvalue weighted by atomic mass is 10.1. The third-order valence-electron chi connectivity index (χ3n) is 4.68. The molecule has 0 bridgehead atoms. The van der Waals surface area contributed by atoms with E-state index < -0.39 is 0 Å². The van der Waals surface area contributed by atoms with Crippen molar-refractivity contribution in [3.8, 4) is 11.3 Å². The van der Waals surface area contributed by atoms with Crippen molar-refractivity contribution in [3.63, 3.8) is 0 Å². The Kier molecular flexibility index (Phi) is 5.21. The van der Waals surface area contributed by atoms with Gasteiger partial charge in [0.2, 0.25) is 0 Å². The Morgan fingerprint density at radius 3 is 2.70 bits per heavy atom. The third kappa shape index (κ3) is 4.03. The highest BCUT2D eigenvalue weighted by Gasteiger charge is 2.09. The van der Waals surface area contributed by atoms with Crippen LogP contribution in [0.4, 0.5) is 5.82 Å². The summed E-state index contributed by atoms with van der Waals surface area (Å²) in [4.78, 5) is 15.0. The van der Waals surface area contributed by atoms with E-state index in [1.54, 1.807) is 11.3 Å². The molecule has 0 unspecified atom stereocenters. The van der Waals surface area contributed by atoms with E-state index in [-0.39, 0.29) is 0 Å². The molecule has 2 N–H and O–H groups in total. The van der Waals surface area contributed by atoms with Gasteiger partial charge in [-0.05, 0) is 49.1 Å². The molecule has 3 aromatic heterocycles. The number of hydrogen-bond acceptors (Lipinski definition) is 4. The minimum atomic E-state index is 0.856. The fourth-order valence-electron chi connectivity index (χ4n) is 3.24. The highest BCUT2D eigenvalue weighted by Crippen LogP contribution is 2.28. The first-order chi connectivity index (χ1) is 13.2. The summed E-state index contributed by atoms with van der Waals surface area (Å²) in [7, 11) is 0. The lowest BCUT2D eigenvalue weighted by Gasteiger charge is -2.09. The van der Waals surface area contributed by atoms with Crippen molar-refractivity contribution in [2.45, 2.75) is 33.1 Å². The zero-order valence-corrected chi connectivity index (χ0v) is 16.6. The van der Waals surface area contributed by atoms with Crippen LogP contribution in [0.3, 0.4) is 0 Å². The van der Waals surface area contributed by atoms with E-state index in [4.69, 9.17) is 4.98 Å². The van der Waals surface area contributed by atoms with Crippen LogP contribution < -0.4 is 5.32 Å². The molecule has 0 saturated carbocycles. The minimum Gasteiger partial charge on any atom is -0.369 e. The van der Waals surface area contributed by atoms with E-state index >= 15 is 0 Å². The number of nitrogens with zero attached hydrogens (tertiary/aromatic N) is 2. The molecule has 1 aromatic carbocycles. The molecule has 0 saturated heterocycles. The molecule has 5 heteroatoms. The van der Waals surface area contributed by atoms with E-state index in [2.05, 4.69) is 65.5 Å². The Morgan fingerprint density at radius 1 is 1.11 bits per heavy atom. The number of fused-ring (bicyclic) bond motifs is 1. The number of aromatic nitrogens is 3. The van der Waals surface area contributed by atoms with E-state index in [1.165, 1.54) is 16.0 Å². The zero-order chi connectivity index (χ0) is 18.6. The lowest BCUT2D eigenvalue weighted by molar-refractivity contribution is 0.855. The number of anilines is 1. The second kappa shape index (κ2) is 7.92. The van der Waals surface area contributed by atoms with Gasteiger partial charge in [-0.25, -0.2) is 9.97 Å². The van der Waals surface area contributed by atoms with Gasteiger partial charge < -0.3 is 10.3 Å². The lowest BCUT2D eigenvalue weighted by Crippen LogP contribution is -2.07. The quantitative estimate of drug-likeness (QED) is 0.413. The third-order valence-corrected chi connectivity index (χ3v) is 5.62. The van der Waals surface area contributed by atoms with E-state index in [1.807, 2.05) is 12.3 Å². The van der Waals surface area contributed by atoms with E-state index in [0.29, 0.717) is 0 Å². The first-order valence-electron chi connectivity index (χ1n) is 9.46. The zero-order valence-electron chi connectivity index (χ0n) is 15.7. The smallest absolute Gasteiger partial charge is 0.138 e. The number of benzene rings is 1. The molecule has 0 amide bonds. The Labute approximate surface area is 163 Å². The molecule has 0 aliphatic carbocycles. The SMILES string of the molecule is CCc1nc(NCCCc2ccc(-c3ccc[nH]3)cc2)c2cc(C)sc2n1. The van der Waals surface area contributed by atoms with Crippen LogP contribution >= 0.6 is 11.3 Å². The average molecular weight is 377 g/mol. The van der Waals surface area contributed by atoms with Crippen LogP contribution in [0.1, 0.15) is 29.6 Å². The van der Waals surface area contributed by atoms with Crippen molar-refractivity contribution in [3.05, 3.63) is 64.9 Å². The summed E-state index contributed by atoms with van der Waals surface area (Å²) in [6.07, 6.45) is 4.93. The molecular formula is C22H24N4S. The van der Waals surface area contributed by atoms with Gasteiger partial charge in [-0.2, -0.15) is 0 Å². The molecule has 0 aliphatic rings. The number of hydrogen-bond donors (Lipinski definition) is 2. The first kappa shape index (κ1) is 17.7. The number of thiophene rings is 1. The van der Waals surface area contributed by atoms with Crippen LogP contribution in [0, 0.1) is 6.92 Å².